The van der Waals surface area contributed by atoms with E-state index in [0.717, 1.165) is 26.1 Å². The van der Waals surface area contributed by atoms with Crippen LogP contribution in [0.4, 0.5) is 10.7 Å². The van der Waals surface area contributed by atoms with Crippen molar-refractivity contribution >= 4 is 33.7 Å². The molecular formula is C14H22N4O2S. The molecule has 116 valence electrons. The van der Waals surface area contributed by atoms with E-state index in [0.29, 0.717) is 22.2 Å². The molecule has 6 nitrogen and oxygen atoms in total. The van der Waals surface area contributed by atoms with E-state index in [1.807, 2.05) is 0 Å². The van der Waals surface area contributed by atoms with Gasteiger partial charge in [0.1, 0.15) is 5.00 Å². The van der Waals surface area contributed by atoms with Crippen LogP contribution in [0.1, 0.15) is 39.8 Å². The van der Waals surface area contributed by atoms with Crippen molar-refractivity contribution in [3.8, 4) is 0 Å². The van der Waals surface area contributed by atoms with Crippen molar-refractivity contribution in [1.82, 2.24) is 4.90 Å². The van der Waals surface area contributed by atoms with E-state index in [-0.39, 0.29) is 17.0 Å². The molecule has 0 spiro atoms. The predicted molar refractivity (Wildman–Crippen MR) is 86.0 cm³/mol. The zero-order valence-corrected chi connectivity index (χ0v) is 13.3. The standard InChI is InChI=1S/C14H22N4O2S/c1-3-9(19)12-11(15)10(13(16)20)14(21-12)17-6-8-4-5-18(2)7-8/h8,17H,3-7,15H2,1-2H3,(H2,16,20). The van der Waals surface area contributed by atoms with Crippen molar-refractivity contribution in [2.45, 2.75) is 19.8 Å². The molecule has 5 N–H and O–H groups in total. The molecule has 1 unspecified atom stereocenters. The minimum Gasteiger partial charge on any atom is -0.397 e. The number of nitrogens with two attached hydrogens (primary N) is 2. The van der Waals surface area contributed by atoms with Crippen LogP contribution in [-0.2, 0) is 0 Å². The fourth-order valence-corrected chi connectivity index (χ4v) is 3.75. The Labute approximate surface area is 128 Å². The first-order valence-corrected chi connectivity index (χ1v) is 7.93. The van der Waals surface area contributed by atoms with Gasteiger partial charge in [-0.25, -0.2) is 0 Å². The Morgan fingerprint density at radius 2 is 2.19 bits per heavy atom. The lowest BCUT2D eigenvalue weighted by Gasteiger charge is -2.12. The number of amides is 1. The molecule has 1 aliphatic rings. The molecule has 1 amide bonds. The van der Waals surface area contributed by atoms with Gasteiger partial charge < -0.3 is 21.7 Å². The molecule has 0 bridgehead atoms. The number of hydrogen-bond donors (Lipinski definition) is 3. The number of ketones is 1. The Hall–Kier alpha value is -1.60. The van der Waals surface area contributed by atoms with Gasteiger partial charge in [0.15, 0.2) is 5.78 Å². The van der Waals surface area contributed by atoms with E-state index in [1.54, 1.807) is 6.92 Å². The molecular weight excluding hydrogens is 288 g/mol. The summed E-state index contributed by atoms with van der Waals surface area (Å²) in [5.74, 6) is -0.122. The van der Waals surface area contributed by atoms with Gasteiger partial charge in [-0.05, 0) is 25.9 Å². The molecule has 1 aliphatic heterocycles. The highest BCUT2D eigenvalue weighted by atomic mass is 32.1. The van der Waals surface area contributed by atoms with Gasteiger partial charge in [-0.2, -0.15) is 0 Å². The van der Waals surface area contributed by atoms with Crippen LogP contribution < -0.4 is 16.8 Å². The normalized spacial score (nSPS) is 18.9. The number of carbonyl (C=O) groups is 2. The Balaban J connectivity index is 2.17. The number of likely N-dealkylation sites (tertiary alicyclic amines) is 1. The summed E-state index contributed by atoms with van der Waals surface area (Å²) in [7, 11) is 2.09. The molecule has 7 heteroatoms. The molecule has 1 saturated heterocycles. The molecule has 1 aromatic heterocycles. The highest BCUT2D eigenvalue weighted by molar-refractivity contribution is 7.19. The predicted octanol–water partition coefficient (Wildman–Crippen LogP) is 1.39. The van der Waals surface area contributed by atoms with Crippen LogP contribution in [0.2, 0.25) is 0 Å². The number of nitrogens with one attached hydrogen (secondary N) is 1. The number of thiophene rings is 1. The highest BCUT2D eigenvalue weighted by Crippen LogP contribution is 2.36. The summed E-state index contributed by atoms with van der Waals surface area (Å²) in [5, 5.41) is 3.87. The van der Waals surface area contributed by atoms with Crippen LogP contribution in [0.25, 0.3) is 0 Å². The Kier molecular flexibility index (Phi) is 4.84. The minimum absolute atomic E-state index is 0.0614. The Bertz CT molecular complexity index is 555. The van der Waals surface area contributed by atoms with E-state index >= 15 is 0 Å². The molecule has 0 aromatic carbocycles. The van der Waals surface area contributed by atoms with Crippen LogP contribution in [0, 0.1) is 5.92 Å². The van der Waals surface area contributed by atoms with Crippen LogP contribution in [0.5, 0.6) is 0 Å². The average molecular weight is 310 g/mol. The van der Waals surface area contributed by atoms with Crippen molar-refractivity contribution in [1.29, 1.82) is 0 Å². The molecule has 2 heterocycles. The molecule has 1 aromatic rings. The van der Waals surface area contributed by atoms with Crippen molar-refractivity contribution in [2.24, 2.45) is 11.7 Å². The van der Waals surface area contributed by atoms with Gasteiger partial charge in [-0.3, -0.25) is 9.59 Å². The van der Waals surface area contributed by atoms with E-state index in [1.165, 1.54) is 11.3 Å². The van der Waals surface area contributed by atoms with Crippen LogP contribution in [0.15, 0.2) is 0 Å². The fraction of sp³-hybridized carbons (Fsp3) is 0.571. The van der Waals surface area contributed by atoms with Crippen molar-refractivity contribution in [2.75, 3.05) is 37.7 Å². The SMILES string of the molecule is CCC(=O)c1sc(NCC2CCN(C)C2)c(C(N)=O)c1N. The Morgan fingerprint density at radius 1 is 1.48 bits per heavy atom. The third-order valence-electron chi connectivity index (χ3n) is 3.81. The lowest BCUT2D eigenvalue weighted by molar-refractivity contribution is 0.0991. The second kappa shape index (κ2) is 6.44. The largest absolute Gasteiger partial charge is 0.397 e. The van der Waals surface area contributed by atoms with E-state index in [4.69, 9.17) is 11.5 Å². The number of anilines is 2. The number of nitrogens with zero attached hydrogens (tertiary/aromatic N) is 1. The first-order chi connectivity index (χ1) is 9.93. The third kappa shape index (κ3) is 3.36. The molecule has 0 radical (unpaired) electrons. The lowest BCUT2D eigenvalue weighted by atomic mass is 10.1. The summed E-state index contributed by atoms with van der Waals surface area (Å²) in [6, 6.07) is 0. The minimum atomic E-state index is -0.593. The molecule has 1 atom stereocenters. The molecule has 21 heavy (non-hydrogen) atoms. The maximum absolute atomic E-state index is 11.9. The summed E-state index contributed by atoms with van der Waals surface area (Å²) in [5.41, 5.74) is 11.8. The summed E-state index contributed by atoms with van der Waals surface area (Å²) in [6.07, 6.45) is 1.48. The van der Waals surface area contributed by atoms with E-state index in [9.17, 15) is 9.59 Å². The Morgan fingerprint density at radius 3 is 2.71 bits per heavy atom. The van der Waals surface area contributed by atoms with Gasteiger partial charge in [0.2, 0.25) is 0 Å². The van der Waals surface area contributed by atoms with Crippen molar-refractivity contribution < 1.29 is 9.59 Å². The maximum atomic E-state index is 11.9. The summed E-state index contributed by atoms with van der Waals surface area (Å²) in [6.45, 7) is 4.64. The molecule has 2 rings (SSSR count). The summed E-state index contributed by atoms with van der Waals surface area (Å²) < 4.78 is 0. The number of hydrogen-bond acceptors (Lipinski definition) is 6. The van der Waals surface area contributed by atoms with Gasteiger partial charge >= 0.3 is 0 Å². The van der Waals surface area contributed by atoms with E-state index < -0.39 is 5.91 Å². The molecule has 0 saturated carbocycles. The fourth-order valence-electron chi connectivity index (χ4n) is 2.61. The first kappa shape index (κ1) is 15.8. The number of Topliss-reactive ketones (excluding diaryl/α,β-unsaturated/α-hetero) is 1. The lowest BCUT2D eigenvalue weighted by Crippen LogP contribution is -2.20. The van der Waals surface area contributed by atoms with Gasteiger partial charge in [0.05, 0.1) is 16.1 Å². The zero-order valence-electron chi connectivity index (χ0n) is 12.4. The number of nitrogen functional groups attached to an aromatic ring is 1. The van der Waals surface area contributed by atoms with Gasteiger partial charge in [0, 0.05) is 19.5 Å². The van der Waals surface area contributed by atoms with E-state index in [2.05, 4.69) is 17.3 Å². The number of carbonyl (C=O) groups excluding carboxylic acids is 2. The van der Waals surface area contributed by atoms with Gasteiger partial charge in [-0.1, -0.05) is 6.92 Å². The first-order valence-electron chi connectivity index (χ1n) is 7.11. The van der Waals surface area contributed by atoms with Crippen molar-refractivity contribution in [3.05, 3.63) is 10.4 Å². The summed E-state index contributed by atoms with van der Waals surface area (Å²) >= 11 is 1.23. The topological polar surface area (TPSA) is 101 Å². The van der Waals surface area contributed by atoms with Crippen LogP contribution in [-0.4, -0.2) is 43.3 Å². The zero-order chi connectivity index (χ0) is 15.6. The number of primary amides is 1. The highest BCUT2D eigenvalue weighted by Gasteiger charge is 2.25. The summed E-state index contributed by atoms with van der Waals surface area (Å²) in [4.78, 5) is 26.2. The quantitative estimate of drug-likeness (QED) is 0.689. The molecule has 1 fully saturated rings. The van der Waals surface area contributed by atoms with Crippen LogP contribution in [0.3, 0.4) is 0 Å². The van der Waals surface area contributed by atoms with Crippen LogP contribution >= 0.6 is 11.3 Å². The average Bonchev–Trinajstić information content (AvgIpc) is 2.99. The van der Waals surface area contributed by atoms with Gasteiger partial charge in [-0.15, -0.1) is 11.3 Å². The molecule has 0 aliphatic carbocycles. The monoisotopic (exact) mass is 310 g/mol. The maximum Gasteiger partial charge on any atom is 0.253 e. The smallest absolute Gasteiger partial charge is 0.253 e. The van der Waals surface area contributed by atoms with Crippen molar-refractivity contribution in [3.63, 3.8) is 0 Å². The number of rotatable bonds is 6. The van der Waals surface area contributed by atoms with Gasteiger partial charge in [0.25, 0.3) is 5.91 Å². The second-order valence-electron chi connectivity index (χ2n) is 5.49. The second-order valence-corrected chi connectivity index (χ2v) is 6.51. The third-order valence-corrected chi connectivity index (χ3v) is 5.01.